The maximum Gasteiger partial charge on any atom is 0.303 e. The van der Waals surface area contributed by atoms with Crippen molar-refractivity contribution in [1.82, 2.24) is 0 Å². The van der Waals surface area contributed by atoms with Crippen molar-refractivity contribution in [2.24, 2.45) is 5.92 Å². The van der Waals surface area contributed by atoms with E-state index >= 15 is 0 Å². The fraction of sp³-hybridized carbons (Fsp3) is 0.500. The second kappa shape index (κ2) is 5.19. The van der Waals surface area contributed by atoms with Crippen LogP contribution in [0.15, 0.2) is 12.1 Å². The molecule has 98 valence electrons. The molecule has 2 rings (SSSR count). The van der Waals surface area contributed by atoms with Crippen molar-refractivity contribution in [2.45, 2.75) is 32.1 Å². The summed E-state index contributed by atoms with van der Waals surface area (Å²) < 4.78 is 5.21. The number of ether oxygens (including phenoxy) is 1. The van der Waals surface area contributed by atoms with Crippen molar-refractivity contribution in [3.63, 3.8) is 0 Å². The molecule has 1 aromatic carbocycles. The van der Waals surface area contributed by atoms with E-state index in [1.54, 1.807) is 13.2 Å². The van der Waals surface area contributed by atoms with Gasteiger partial charge in [0.15, 0.2) is 0 Å². The van der Waals surface area contributed by atoms with Crippen molar-refractivity contribution in [3.05, 3.63) is 28.3 Å². The smallest absolute Gasteiger partial charge is 0.303 e. The van der Waals surface area contributed by atoms with E-state index in [-0.39, 0.29) is 12.3 Å². The highest BCUT2D eigenvalue weighted by atomic mass is 35.5. The molecule has 1 saturated carbocycles. The van der Waals surface area contributed by atoms with Crippen LogP contribution in [0.3, 0.4) is 0 Å². The van der Waals surface area contributed by atoms with Crippen LogP contribution in [-0.4, -0.2) is 18.2 Å². The summed E-state index contributed by atoms with van der Waals surface area (Å²) in [6, 6.07) is 3.69. The van der Waals surface area contributed by atoms with E-state index in [1.807, 2.05) is 13.0 Å². The minimum Gasteiger partial charge on any atom is -0.497 e. The number of hydrogen-bond donors (Lipinski definition) is 1. The third-order valence-electron chi connectivity index (χ3n) is 3.58. The molecular weight excluding hydrogens is 252 g/mol. The van der Waals surface area contributed by atoms with Crippen LogP contribution in [-0.2, 0) is 4.79 Å². The summed E-state index contributed by atoms with van der Waals surface area (Å²) in [6.45, 7) is 1.94. The zero-order valence-corrected chi connectivity index (χ0v) is 11.3. The molecule has 0 heterocycles. The first-order chi connectivity index (χ1) is 8.52. The molecule has 0 spiro atoms. The maximum atomic E-state index is 11.0. The summed E-state index contributed by atoms with van der Waals surface area (Å²) in [5.41, 5.74) is 1.99. The van der Waals surface area contributed by atoms with Gasteiger partial charge in [0.25, 0.3) is 0 Å². The Morgan fingerprint density at radius 1 is 1.56 bits per heavy atom. The van der Waals surface area contributed by atoms with Crippen LogP contribution in [0.25, 0.3) is 0 Å². The Kier molecular flexibility index (Phi) is 3.81. The van der Waals surface area contributed by atoms with E-state index < -0.39 is 5.97 Å². The maximum absolute atomic E-state index is 11.0. The van der Waals surface area contributed by atoms with Crippen molar-refractivity contribution < 1.29 is 14.6 Å². The van der Waals surface area contributed by atoms with Gasteiger partial charge in [0.2, 0.25) is 0 Å². The number of benzene rings is 1. The lowest BCUT2D eigenvalue weighted by Crippen LogP contribution is -2.10. The SMILES string of the molecule is COc1cc(Cl)c(C)c(C(CC(=O)O)C2CC2)c1. The largest absolute Gasteiger partial charge is 0.497 e. The van der Waals surface area contributed by atoms with Crippen molar-refractivity contribution in [1.29, 1.82) is 0 Å². The molecule has 1 aromatic rings. The first-order valence-electron chi connectivity index (χ1n) is 6.08. The monoisotopic (exact) mass is 268 g/mol. The van der Waals surface area contributed by atoms with Gasteiger partial charge >= 0.3 is 5.97 Å². The first kappa shape index (κ1) is 13.2. The lowest BCUT2D eigenvalue weighted by Gasteiger charge is -2.19. The number of carboxylic acids is 1. The zero-order chi connectivity index (χ0) is 13.3. The summed E-state index contributed by atoms with van der Waals surface area (Å²) in [6.07, 6.45) is 2.37. The van der Waals surface area contributed by atoms with Gasteiger partial charge in [-0.25, -0.2) is 0 Å². The third-order valence-corrected chi connectivity index (χ3v) is 3.97. The molecular formula is C14H17ClO3. The first-order valence-corrected chi connectivity index (χ1v) is 6.46. The van der Waals surface area contributed by atoms with Crippen LogP contribution in [0.2, 0.25) is 5.02 Å². The van der Waals surface area contributed by atoms with Crippen LogP contribution in [0.1, 0.15) is 36.3 Å². The molecule has 1 aliphatic carbocycles. The fourth-order valence-corrected chi connectivity index (χ4v) is 2.61. The highest BCUT2D eigenvalue weighted by Crippen LogP contribution is 2.47. The molecule has 4 heteroatoms. The van der Waals surface area contributed by atoms with E-state index in [4.69, 9.17) is 21.4 Å². The highest BCUT2D eigenvalue weighted by Gasteiger charge is 2.35. The second-order valence-corrected chi connectivity index (χ2v) is 5.27. The molecule has 1 aliphatic rings. The highest BCUT2D eigenvalue weighted by molar-refractivity contribution is 6.31. The average molecular weight is 269 g/mol. The molecule has 1 N–H and O–H groups in total. The van der Waals surface area contributed by atoms with Crippen LogP contribution < -0.4 is 4.74 Å². The topological polar surface area (TPSA) is 46.5 Å². The molecule has 0 aromatic heterocycles. The van der Waals surface area contributed by atoms with Gasteiger partial charge < -0.3 is 9.84 Å². The second-order valence-electron chi connectivity index (χ2n) is 4.87. The predicted octanol–water partition coefficient (Wildman–Crippen LogP) is 3.63. The van der Waals surface area contributed by atoms with Gasteiger partial charge in [-0.3, -0.25) is 4.79 Å². The Labute approximate surface area is 112 Å². The van der Waals surface area contributed by atoms with E-state index in [2.05, 4.69) is 0 Å². The Hall–Kier alpha value is -1.22. The number of carbonyl (C=O) groups is 1. The number of methoxy groups -OCH3 is 1. The summed E-state index contributed by atoms with van der Waals surface area (Å²) in [5.74, 6) is 0.458. The Bertz CT molecular complexity index is 466. The van der Waals surface area contributed by atoms with Crippen LogP contribution in [0.5, 0.6) is 5.75 Å². The summed E-state index contributed by atoms with van der Waals surface area (Å²) in [5, 5.41) is 9.68. The van der Waals surface area contributed by atoms with E-state index in [0.29, 0.717) is 16.7 Å². The molecule has 0 aliphatic heterocycles. The van der Waals surface area contributed by atoms with E-state index in [0.717, 1.165) is 24.0 Å². The molecule has 1 fully saturated rings. The number of halogens is 1. The normalized spacial score (nSPS) is 16.4. The summed E-state index contributed by atoms with van der Waals surface area (Å²) in [4.78, 5) is 11.0. The predicted molar refractivity (Wildman–Crippen MR) is 70.5 cm³/mol. The van der Waals surface area contributed by atoms with Gasteiger partial charge in [-0.1, -0.05) is 11.6 Å². The third kappa shape index (κ3) is 2.78. The van der Waals surface area contributed by atoms with Gasteiger partial charge in [0.05, 0.1) is 13.5 Å². The fourth-order valence-electron chi connectivity index (χ4n) is 2.39. The lowest BCUT2D eigenvalue weighted by atomic mass is 9.88. The summed E-state index contributed by atoms with van der Waals surface area (Å²) >= 11 is 6.18. The molecule has 1 unspecified atom stereocenters. The zero-order valence-electron chi connectivity index (χ0n) is 10.6. The van der Waals surface area contributed by atoms with Gasteiger partial charge in [-0.15, -0.1) is 0 Å². The van der Waals surface area contributed by atoms with Crippen molar-refractivity contribution in [2.75, 3.05) is 7.11 Å². The lowest BCUT2D eigenvalue weighted by molar-refractivity contribution is -0.137. The summed E-state index contributed by atoms with van der Waals surface area (Å²) in [7, 11) is 1.59. The molecule has 0 bridgehead atoms. The molecule has 0 radical (unpaired) electrons. The average Bonchev–Trinajstić information content (AvgIpc) is 3.13. The molecule has 0 amide bonds. The molecule has 1 atom stereocenters. The van der Waals surface area contributed by atoms with Gasteiger partial charge in [-0.05, 0) is 54.9 Å². The van der Waals surface area contributed by atoms with E-state index in [9.17, 15) is 4.79 Å². The number of carboxylic acid groups (broad SMARTS) is 1. The van der Waals surface area contributed by atoms with Gasteiger partial charge in [0.1, 0.15) is 5.75 Å². The van der Waals surface area contributed by atoms with E-state index in [1.165, 1.54) is 0 Å². The van der Waals surface area contributed by atoms with Gasteiger partial charge in [-0.2, -0.15) is 0 Å². The molecule has 3 nitrogen and oxygen atoms in total. The molecule has 0 saturated heterocycles. The number of hydrogen-bond acceptors (Lipinski definition) is 2. The quantitative estimate of drug-likeness (QED) is 0.887. The van der Waals surface area contributed by atoms with Crippen molar-refractivity contribution >= 4 is 17.6 Å². The Balaban J connectivity index is 2.39. The number of aliphatic carboxylic acids is 1. The van der Waals surface area contributed by atoms with Crippen molar-refractivity contribution in [3.8, 4) is 5.75 Å². The van der Waals surface area contributed by atoms with Gasteiger partial charge in [0, 0.05) is 5.02 Å². The van der Waals surface area contributed by atoms with Crippen LogP contribution in [0.4, 0.5) is 0 Å². The molecule has 18 heavy (non-hydrogen) atoms. The standard InChI is InChI=1S/C14H17ClO3/c1-8-11(5-10(18-2)6-13(8)15)12(7-14(16)17)9-3-4-9/h5-6,9,12H,3-4,7H2,1-2H3,(H,16,17). The van der Waals surface area contributed by atoms with Crippen LogP contribution >= 0.6 is 11.6 Å². The minimum atomic E-state index is -0.759. The number of rotatable bonds is 5. The Morgan fingerprint density at radius 2 is 2.22 bits per heavy atom. The Morgan fingerprint density at radius 3 is 2.72 bits per heavy atom. The van der Waals surface area contributed by atoms with Crippen LogP contribution in [0, 0.1) is 12.8 Å². The minimum absolute atomic E-state index is 0.0510.